The van der Waals surface area contributed by atoms with Gasteiger partial charge in [-0.3, -0.25) is 4.79 Å². The number of aromatic nitrogens is 1. The van der Waals surface area contributed by atoms with E-state index in [0.717, 1.165) is 6.42 Å². The fourth-order valence-corrected chi connectivity index (χ4v) is 2.35. The highest BCUT2D eigenvalue weighted by atomic mass is 32.1. The van der Waals surface area contributed by atoms with Crippen molar-refractivity contribution in [1.29, 1.82) is 0 Å². The highest BCUT2D eigenvalue weighted by Crippen LogP contribution is 2.10. The molecule has 6 heteroatoms. The number of thiazole rings is 1. The number of hydrogen-bond acceptors (Lipinski definition) is 4. The maximum atomic E-state index is 11.9. The van der Waals surface area contributed by atoms with Gasteiger partial charge in [-0.2, -0.15) is 0 Å². The predicted molar refractivity (Wildman–Crippen MR) is 76.1 cm³/mol. The van der Waals surface area contributed by atoms with Gasteiger partial charge in [-0.1, -0.05) is 19.1 Å². The quantitative estimate of drug-likeness (QED) is 0.885. The Balaban J connectivity index is 1.95. The molecular formula is C14H14N2O3S. The minimum absolute atomic E-state index is 0.00606. The van der Waals surface area contributed by atoms with E-state index in [4.69, 9.17) is 5.11 Å². The van der Waals surface area contributed by atoms with E-state index in [-0.39, 0.29) is 18.1 Å². The van der Waals surface area contributed by atoms with Gasteiger partial charge in [0, 0.05) is 10.9 Å². The molecule has 0 unspecified atom stereocenters. The smallest absolute Gasteiger partial charge is 0.355 e. The van der Waals surface area contributed by atoms with E-state index in [2.05, 4.69) is 17.2 Å². The molecule has 0 saturated heterocycles. The van der Waals surface area contributed by atoms with Crippen LogP contribution in [-0.4, -0.2) is 22.0 Å². The molecule has 0 atom stereocenters. The van der Waals surface area contributed by atoms with E-state index in [0.29, 0.717) is 10.6 Å². The van der Waals surface area contributed by atoms with E-state index in [1.54, 1.807) is 12.1 Å². The first-order valence-electron chi connectivity index (χ1n) is 6.15. The molecule has 0 fully saturated rings. The molecule has 1 aromatic heterocycles. The molecule has 104 valence electrons. The summed E-state index contributed by atoms with van der Waals surface area (Å²) in [4.78, 5) is 26.5. The molecule has 1 amide bonds. The summed E-state index contributed by atoms with van der Waals surface area (Å²) in [6, 6.07) is 7.39. The van der Waals surface area contributed by atoms with Crippen molar-refractivity contribution in [2.75, 3.05) is 0 Å². The van der Waals surface area contributed by atoms with Gasteiger partial charge in [0.15, 0.2) is 5.69 Å². The van der Waals surface area contributed by atoms with Crippen LogP contribution in [-0.2, 0) is 13.0 Å². The van der Waals surface area contributed by atoms with Crippen molar-refractivity contribution >= 4 is 23.2 Å². The van der Waals surface area contributed by atoms with Crippen LogP contribution in [0.15, 0.2) is 29.6 Å². The maximum Gasteiger partial charge on any atom is 0.355 e. The van der Waals surface area contributed by atoms with Crippen LogP contribution in [0.1, 0.15) is 38.3 Å². The lowest BCUT2D eigenvalue weighted by Crippen LogP contribution is -2.22. The van der Waals surface area contributed by atoms with Gasteiger partial charge in [-0.15, -0.1) is 11.3 Å². The second-order valence-electron chi connectivity index (χ2n) is 4.16. The number of carboxylic acid groups (broad SMARTS) is 1. The first-order chi connectivity index (χ1) is 9.60. The topological polar surface area (TPSA) is 79.3 Å². The Kier molecular flexibility index (Phi) is 4.47. The minimum atomic E-state index is -1.06. The molecule has 20 heavy (non-hydrogen) atoms. The highest BCUT2D eigenvalue weighted by molar-refractivity contribution is 7.09. The second kappa shape index (κ2) is 6.29. The average molecular weight is 290 g/mol. The Hall–Kier alpha value is -2.21. The van der Waals surface area contributed by atoms with Crippen molar-refractivity contribution in [3.05, 3.63) is 51.5 Å². The van der Waals surface area contributed by atoms with E-state index < -0.39 is 5.97 Å². The first-order valence-corrected chi connectivity index (χ1v) is 7.03. The molecule has 0 aliphatic rings. The van der Waals surface area contributed by atoms with Crippen LogP contribution >= 0.6 is 11.3 Å². The van der Waals surface area contributed by atoms with E-state index in [1.165, 1.54) is 22.3 Å². The van der Waals surface area contributed by atoms with Crippen LogP contribution in [0.2, 0.25) is 0 Å². The lowest BCUT2D eigenvalue weighted by molar-refractivity contribution is 0.0691. The number of nitrogens with one attached hydrogen (secondary N) is 1. The second-order valence-corrected chi connectivity index (χ2v) is 5.11. The number of amides is 1. The molecule has 1 heterocycles. The Morgan fingerprint density at radius 1 is 1.30 bits per heavy atom. The molecular weight excluding hydrogens is 276 g/mol. The number of benzene rings is 1. The highest BCUT2D eigenvalue weighted by Gasteiger charge is 2.10. The third-order valence-corrected chi connectivity index (χ3v) is 3.64. The fourth-order valence-electron chi connectivity index (χ4n) is 1.64. The van der Waals surface area contributed by atoms with Gasteiger partial charge in [0.05, 0.1) is 6.54 Å². The molecule has 1 aromatic carbocycles. The van der Waals surface area contributed by atoms with Gasteiger partial charge in [0.1, 0.15) is 5.01 Å². The molecule has 0 aliphatic carbocycles. The Morgan fingerprint density at radius 3 is 2.55 bits per heavy atom. The van der Waals surface area contributed by atoms with Crippen LogP contribution in [0.25, 0.3) is 0 Å². The molecule has 0 bridgehead atoms. The summed E-state index contributed by atoms with van der Waals surface area (Å²) in [5.41, 5.74) is 1.76. The third kappa shape index (κ3) is 3.42. The molecule has 5 nitrogen and oxygen atoms in total. The zero-order valence-corrected chi connectivity index (χ0v) is 11.7. The summed E-state index contributed by atoms with van der Waals surface area (Å²) in [5, 5.41) is 13.5. The van der Waals surface area contributed by atoms with Crippen molar-refractivity contribution in [3.8, 4) is 0 Å². The van der Waals surface area contributed by atoms with E-state index in [9.17, 15) is 9.59 Å². The van der Waals surface area contributed by atoms with Crippen molar-refractivity contribution in [1.82, 2.24) is 10.3 Å². The fraction of sp³-hybridized carbons (Fsp3) is 0.214. The molecule has 0 spiro atoms. The molecule has 2 N–H and O–H groups in total. The number of aryl methyl sites for hydroxylation is 1. The maximum absolute atomic E-state index is 11.9. The van der Waals surface area contributed by atoms with Crippen LogP contribution in [0.5, 0.6) is 0 Å². The average Bonchev–Trinajstić information content (AvgIpc) is 2.94. The third-order valence-electron chi connectivity index (χ3n) is 2.80. The minimum Gasteiger partial charge on any atom is -0.476 e. The number of carbonyl (C=O) groups excluding carboxylic acids is 1. The molecule has 0 aliphatic heterocycles. The van der Waals surface area contributed by atoms with Gasteiger partial charge >= 0.3 is 5.97 Å². The van der Waals surface area contributed by atoms with Gasteiger partial charge in [-0.05, 0) is 24.1 Å². The summed E-state index contributed by atoms with van der Waals surface area (Å²) in [6.45, 7) is 2.28. The Labute approximate surface area is 120 Å². The number of carboxylic acids is 1. The number of nitrogens with zero attached hydrogens (tertiary/aromatic N) is 1. The lowest BCUT2D eigenvalue weighted by atomic mass is 10.1. The van der Waals surface area contributed by atoms with Crippen molar-refractivity contribution in [2.45, 2.75) is 19.9 Å². The number of rotatable bonds is 5. The molecule has 2 rings (SSSR count). The monoisotopic (exact) mass is 290 g/mol. The molecule has 0 saturated carbocycles. The van der Waals surface area contributed by atoms with Crippen molar-refractivity contribution in [2.24, 2.45) is 0 Å². The SMILES string of the molecule is CCc1ccc(C(=O)NCc2nc(C(=O)O)cs2)cc1. The summed E-state index contributed by atoms with van der Waals surface area (Å²) < 4.78 is 0. The zero-order valence-electron chi connectivity index (χ0n) is 10.9. The van der Waals surface area contributed by atoms with E-state index >= 15 is 0 Å². The van der Waals surface area contributed by atoms with Crippen LogP contribution < -0.4 is 5.32 Å². The first kappa shape index (κ1) is 14.2. The van der Waals surface area contributed by atoms with Crippen molar-refractivity contribution in [3.63, 3.8) is 0 Å². The molecule has 0 radical (unpaired) electrons. The Morgan fingerprint density at radius 2 is 2.00 bits per heavy atom. The summed E-state index contributed by atoms with van der Waals surface area (Å²) in [7, 11) is 0. The van der Waals surface area contributed by atoms with Gasteiger partial charge in [0.25, 0.3) is 5.91 Å². The lowest BCUT2D eigenvalue weighted by Gasteiger charge is -2.04. The van der Waals surface area contributed by atoms with Crippen molar-refractivity contribution < 1.29 is 14.7 Å². The van der Waals surface area contributed by atoms with Gasteiger partial charge in [-0.25, -0.2) is 9.78 Å². The summed E-state index contributed by atoms with van der Waals surface area (Å²) in [6.07, 6.45) is 0.930. The van der Waals surface area contributed by atoms with E-state index in [1.807, 2.05) is 12.1 Å². The standard InChI is InChI=1S/C14H14N2O3S/c1-2-9-3-5-10(6-4-9)13(17)15-7-12-16-11(8-20-12)14(18)19/h3-6,8H,2,7H2,1H3,(H,15,17)(H,18,19). The van der Waals surface area contributed by atoms with Gasteiger partial charge < -0.3 is 10.4 Å². The number of carbonyl (C=O) groups is 2. The van der Waals surface area contributed by atoms with Crippen LogP contribution in [0.4, 0.5) is 0 Å². The largest absolute Gasteiger partial charge is 0.476 e. The number of aromatic carboxylic acids is 1. The predicted octanol–water partition coefficient (Wildman–Crippen LogP) is 2.33. The normalized spacial score (nSPS) is 10.2. The van der Waals surface area contributed by atoms with Crippen LogP contribution in [0, 0.1) is 0 Å². The Bertz CT molecular complexity index is 620. The van der Waals surface area contributed by atoms with Crippen LogP contribution in [0.3, 0.4) is 0 Å². The van der Waals surface area contributed by atoms with Gasteiger partial charge in [0.2, 0.25) is 0 Å². The zero-order chi connectivity index (χ0) is 14.5. The summed E-state index contributed by atoms with van der Waals surface area (Å²) >= 11 is 1.21. The number of hydrogen-bond donors (Lipinski definition) is 2. The summed E-state index contributed by atoms with van der Waals surface area (Å²) in [5.74, 6) is -1.26. The molecule has 2 aromatic rings.